The van der Waals surface area contributed by atoms with E-state index in [0.29, 0.717) is 4.73 Å². The number of anilines is 1. The number of aromatic hydroxyl groups is 1. The van der Waals surface area contributed by atoms with Crippen LogP contribution in [0.25, 0.3) is 0 Å². The number of pyridine rings is 1. The quantitative estimate of drug-likeness (QED) is 0.0525. The van der Waals surface area contributed by atoms with E-state index in [-0.39, 0.29) is 64.0 Å². The van der Waals surface area contributed by atoms with E-state index < -0.39 is 64.4 Å². The van der Waals surface area contributed by atoms with Crippen molar-refractivity contribution in [3.05, 3.63) is 50.5 Å². The predicted octanol–water partition coefficient (Wildman–Crippen LogP) is -5.28. The number of hydrogen-bond acceptors (Lipinski definition) is 15. The number of nitrogens with zero attached hydrogens (tertiary/aromatic N) is 4. The van der Waals surface area contributed by atoms with E-state index >= 15 is 0 Å². The molecular weight excluding hydrogens is 583 g/mol. The van der Waals surface area contributed by atoms with Crippen molar-refractivity contribution < 1.29 is 73.7 Å². The Balaban J connectivity index is 0.00000441. The first-order chi connectivity index (χ1) is 18.5. The van der Waals surface area contributed by atoms with Crippen molar-refractivity contribution in [2.45, 2.75) is 24.9 Å². The number of hydrogen-bond donors (Lipinski definition) is 4. The molecule has 40 heavy (non-hydrogen) atoms. The Morgan fingerprint density at radius 2 is 2.05 bits per heavy atom. The summed E-state index contributed by atoms with van der Waals surface area (Å²) in [6.07, 6.45) is 0.752. The summed E-state index contributed by atoms with van der Waals surface area (Å²) >= 11 is 2.14. The first kappa shape index (κ1) is 31.0. The summed E-state index contributed by atoms with van der Waals surface area (Å²) in [4.78, 5) is 70.6. The summed E-state index contributed by atoms with van der Waals surface area (Å²) in [5.74, 6) is -4.51. The number of carboxylic acid groups (broad SMARTS) is 1. The van der Waals surface area contributed by atoms with Gasteiger partial charge in [-0.1, -0.05) is 5.16 Å². The zero-order valence-electron chi connectivity index (χ0n) is 20.9. The minimum atomic E-state index is -1.63. The number of amides is 2. The van der Waals surface area contributed by atoms with E-state index in [1.54, 1.807) is 0 Å². The van der Waals surface area contributed by atoms with Crippen LogP contribution in [0.2, 0.25) is 0 Å². The smallest absolute Gasteiger partial charge is 0.543 e. The van der Waals surface area contributed by atoms with Crippen LogP contribution in [0.3, 0.4) is 0 Å². The molecule has 5 N–H and O–H groups in total. The fraction of sp³-hybridized carbons (Fsp3) is 0.286. The number of β-lactam (4-membered cyclic amide) rings is 1. The standard InChI is InChI=1S/C21H20N6O10S2.Na/c1-8(28)36-4-9-6-38-19-15(18(32)27(19)16(9)20(33)34)24-17(31)14(11-7-39-21(22)23-11)25-37-5-10-2-12(29)13(30)3-26(10)35;/h2-3,7,15,19,30,35H,4-6H2,1H3,(H2,22,23)(H,24,31)(H,33,34);/q;+1/p-1/b25-14-;/t15-,19-;/m1./s1. The molecule has 2 atom stereocenters. The van der Waals surface area contributed by atoms with Crippen molar-refractivity contribution in [3.8, 4) is 5.75 Å². The Hall–Kier alpha value is -3.58. The van der Waals surface area contributed by atoms with Gasteiger partial charge in [0, 0.05) is 29.7 Å². The number of thiazole rings is 1. The zero-order chi connectivity index (χ0) is 28.4. The molecule has 1 fully saturated rings. The van der Waals surface area contributed by atoms with Gasteiger partial charge in [0.2, 0.25) is 5.43 Å². The van der Waals surface area contributed by atoms with Crippen LogP contribution in [-0.4, -0.2) is 78.2 Å². The summed E-state index contributed by atoms with van der Waals surface area (Å²) in [6.45, 7) is 0.327. The number of rotatable bonds is 9. The van der Waals surface area contributed by atoms with Gasteiger partial charge in [0.15, 0.2) is 23.2 Å². The topological polar surface area (TPSA) is 239 Å². The number of esters is 1. The number of carbonyl (C=O) groups is 4. The zero-order valence-corrected chi connectivity index (χ0v) is 24.5. The SMILES string of the molecule is CC(=O)OCC1=C(C(=O)[O-])N2C(=O)[C@@H](NC(=O)/C(=N\OCc3cc(=O)c(O)cn3O)c3csc(N)n3)[C@H]2SC1.[Na+]. The molecule has 0 unspecified atom stereocenters. The van der Waals surface area contributed by atoms with Gasteiger partial charge in [0.25, 0.3) is 11.8 Å². The largest absolute Gasteiger partial charge is 1.00 e. The van der Waals surface area contributed by atoms with Gasteiger partial charge < -0.3 is 40.8 Å². The number of aromatic nitrogens is 2. The number of thioether (sulfide) groups is 1. The minimum Gasteiger partial charge on any atom is -0.543 e. The molecule has 0 spiro atoms. The number of nitrogens with one attached hydrogen (secondary N) is 1. The average molecular weight is 603 g/mol. The maximum absolute atomic E-state index is 13.1. The Labute approximate surface area is 254 Å². The first-order valence-corrected chi connectivity index (χ1v) is 12.8. The fourth-order valence-corrected chi connectivity index (χ4v) is 5.48. The maximum Gasteiger partial charge on any atom is 1.00 e. The van der Waals surface area contributed by atoms with Gasteiger partial charge in [-0.2, -0.15) is 4.73 Å². The van der Waals surface area contributed by atoms with E-state index in [9.17, 15) is 39.4 Å². The summed E-state index contributed by atoms with van der Waals surface area (Å²) < 4.78 is 5.30. The van der Waals surface area contributed by atoms with Gasteiger partial charge in [-0.3, -0.25) is 24.1 Å². The molecule has 2 amide bonds. The number of nitrogens with two attached hydrogens (primary N) is 1. The van der Waals surface area contributed by atoms with Crippen molar-refractivity contribution in [2.24, 2.45) is 5.16 Å². The maximum atomic E-state index is 13.1. The van der Waals surface area contributed by atoms with E-state index in [4.69, 9.17) is 15.3 Å². The van der Waals surface area contributed by atoms with Crippen LogP contribution in [0.15, 0.2) is 38.9 Å². The fourth-order valence-electron chi connectivity index (χ4n) is 3.61. The van der Waals surface area contributed by atoms with Crippen molar-refractivity contribution in [1.29, 1.82) is 0 Å². The predicted molar refractivity (Wildman–Crippen MR) is 131 cm³/mol. The van der Waals surface area contributed by atoms with Crippen LogP contribution >= 0.6 is 23.1 Å². The van der Waals surface area contributed by atoms with Crippen LogP contribution in [0, 0.1) is 0 Å². The third-order valence-corrected chi connectivity index (χ3v) is 7.43. The molecule has 0 aliphatic carbocycles. The van der Waals surface area contributed by atoms with Gasteiger partial charge >= 0.3 is 35.5 Å². The molecule has 2 aromatic heterocycles. The number of oxime groups is 1. The molecule has 2 aromatic rings. The van der Waals surface area contributed by atoms with Crippen LogP contribution in [0.5, 0.6) is 5.75 Å². The minimum absolute atomic E-state index is 0. The summed E-state index contributed by atoms with van der Waals surface area (Å²) in [5.41, 5.74) is 4.12. The van der Waals surface area contributed by atoms with Crippen molar-refractivity contribution in [2.75, 3.05) is 18.1 Å². The summed E-state index contributed by atoms with van der Waals surface area (Å²) in [5, 5.41) is 37.9. The third-order valence-electron chi connectivity index (χ3n) is 5.41. The van der Waals surface area contributed by atoms with Crippen molar-refractivity contribution in [3.63, 3.8) is 0 Å². The van der Waals surface area contributed by atoms with Crippen LogP contribution in [0.4, 0.5) is 5.13 Å². The summed E-state index contributed by atoms with van der Waals surface area (Å²) in [7, 11) is 0. The Bertz CT molecular complexity index is 1490. The number of ether oxygens (including phenoxy) is 1. The van der Waals surface area contributed by atoms with Gasteiger partial charge in [-0.05, 0) is 0 Å². The van der Waals surface area contributed by atoms with Crippen LogP contribution in [0.1, 0.15) is 18.3 Å². The molecule has 1 saturated heterocycles. The molecule has 2 aliphatic heterocycles. The first-order valence-electron chi connectivity index (χ1n) is 10.8. The Morgan fingerprint density at radius 3 is 2.67 bits per heavy atom. The average Bonchev–Trinajstić information content (AvgIpc) is 3.31. The third kappa shape index (κ3) is 6.41. The Morgan fingerprint density at radius 1 is 1.32 bits per heavy atom. The molecular formula is C21H19N6NaO10S2. The number of aliphatic carboxylic acids is 1. The van der Waals surface area contributed by atoms with E-state index in [1.807, 2.05) is 0 Å². The number of fused-ring (bicyclic) bond motifs is 1. The van der Waals surface area contributed by atoms with E-state index in [1.165, 1.54) is 5.38 Å². The molecule has 0 bridgehead atoms. The van der Waals surface area contributed by atoms with E-state index in [2.05, 4.69) is 15.5 Å². The molecule has 4 rings (SSSR count). The molecule has 0 radical (unpaired) electrons. The summed E-state index contributed by atoms with van der Waals surface area (Å²) in [6, 6.07) is -0.251. The molecule has 16 nitrogen and oxygen atoms in total. The van der Waals surface area contributed by atoms with Crippen LogP contribution < -0.4 is 51.1 Å². The van der Waals surface area contributed by atoms with E-state index in [0.717, 1.165) is 47.2 Å². The molecule has 19 heteroatoms. The van der Waals surface area contributed by atoms with Crippen molar-refractivity contribution >= 4 is 57.7 Å². The van der Waals surface area contributed by atoms with Gasteiger partial charge in [-0.15, -0.1) is 23.1 Å². The molecule has 2 aliphatic rings. The molecule has 0 aromatic carbocycles. The van der Waals surface area contributed by atoms with Gasteiger partial charge in [-0.25, -0.2) is 4.98 Å². The second kappa shape index (κ2) is 12.7. The normalized spacial score (nSPS) is 18.3. The second-order valence-corrected chi connectivity index (χ2v) is 10.0. The Kier molecular flexibility index (Phi) is 9.85. The second-order valence-electron chi connectivity index (χ2n) is 8.02. The number of carboxylic acids is 1. The van der Waals surface area contributed by atoms with Gasteiger partial charge in [0.1, 0.15) is 29.4 Å². The van der Waals surface area contributed by atoms with Gasteiger partial charge in [0.05, 0.1) is 17.9 Å². The number of carbonyl (C=O) groups excluding carboxylic acids is 4. The molecule has 0 saturated carbocycles. The molecule has 4 heterocycles. The molecule has 206 valence electrons. The van der Waals surface area contributed by atoms with Crippen LogP contribution in [-0.2, 0) is 35.4 Å². The monoisotopic (exact) mass is 602 g/mol. The van der Waals surface area contributed by atoms with Crippen molar-refractivity contribution in [1.82, 2.24) is 19.9 Å². The number of nitrogen functional groups attached to an aromatic ring is 1.